The fourth-order valence-corrected chi connectivity index (χ4v) is 3.44. The highest BCUT2D eigenvalue weighted by Crippen LogP contribution is 2.32. The monoisotopic (exact) mass is 268 g/mol. The van der Waals surface area contributed by atoms with Crippen molar-refractivity contribution in [1.29, 1.82) is 0 Å². The van der Waals surface area contributed by atoms with Crippen LogP contribution in [0.25, 0.3) is 0 Å². The van der Waals surface area contributed by atoms with Crippen LogP contribution in [0.2, 0.25) is 0 Å². The molecule has 1 aliphatic heterocycles. The van der Waals surface area contributed by atoms with Gasteiger partial charge in [0, 0.05) is 19.1 Å². The highest BCUT2D eigenvalue weighted by Gasteiger charge is 2.35. The van der Waals surface area contributed by atoms with Crippen molar-refractivity contribution in [3.8, 4) is 0 Å². The first-order chi connectivity index (χ1) is 8.70. The summed E-state index contributed by atoms with van der Waals surface area (Å²) in [4.78, 5) is 14.2. The smallest absolute Gasteiger partial charge is 0.317 e. The van der Waals surface area contributed by atoms with Crippen molar-refractivity contribution >= 4 is 17.8 Å². The number of urea groups is 1. The molecule has 0 radical (unpaired) electrons. The van der Waals surface area contributed by atoms with E-state index in [4.69, 9.17) is 0 Å². The molecule has 1 N–H and O–H groups in total. The predicted octanol–water partition coefficient (Wildman–Crippen LogP) is 2.74. The number of fused-ring (bicyclic) bond motifs is 1. The number of likely N-dealkylation sites (tertiary alicyclic amines) is 1. The number of thioether (sulfide) groups is 1. The lowest BCUT2D eigenvalue weighted by molar-refractivity contribution is 0.202. The van der Waals surface area contributed by atoms with E-state index in [1.165, 1.54) is 0 Å². The molecule has 1 heterocycles. The second kappa shape index (κ2) is 6.50. The van der Waals surface area contributed by atoms with Crippen molar-refractivity contribution in [1.82, 2.24) is 10.2 Å². The zero-order valence-corrected chi connectivity index (χ0v) is 12.2. The number of hydrogen-bond donors (Lipinski definition) is 1. The Labute approximate surface area is 114 Å². The van der Waals surface area contributed by atoms with Crippen LogP contribution in [0.15, 0.2) is 12.2 Å². The third kappa shape index (κ3) is 3.44. The Hall–Kier alpha value is -0.640. The highest BCUT2D eigenvalue weighted by atomic mass is 32.2. The van der Waals surface area contributed by atoms with Gasteiger partial charge in [0.25, 0.3) is 0 Å². The minimum Gasteiger partial charge on any atom is -0.336 e. The number of nitrogens with one attached hydrogen (secondary N) is 1. The highest BCUT2D eigenvalue weighted by molar-refractivity contribution is 7.98. The molecule has 1 fully saturated rings. The lowest BCUT2D eigenvalue weighted by atomic mass is 9.86. The van der Waals surface area contributed by atoms with Gasteiger partial charge >= 0.3 is 6.03 Å². The summed E-state index contributed by atoms with van der Waals surface area (Å²) in [5.74, 6) is 2.50. The van der Waals surface area contributed by atoms with Crippen molar-refractivity contribution in [3.63, 3.8) is 0 Å². The first-order valence-corrected chi connectivity index (χ1v) is 8.29. The number of hydrogen-bond acceptors (Lipinski definition) is 2. The summed E-state index contributed by atoms with van der Waals surface area (Å²) in [6.07, 6.45) is 9.99. The van der Waals surface area contributed by atoms with Crippen LogP contribution < -0.4 is 5.32 Å². The van der Waals surface area contributed by atoms with E-state index < -0.39 is 0 Å². The number of carbonyl (C=O) groups is 1. The Morgan fingerprint density at radius 2 is 2.00 bits per heavy atom. The van der Waals surface area contributed by atoms with Gasteiger partial charge in [0.2, 0.25) is 0 Å². The van der Waals surface area contributed by atoms with Gasteiger partial charge in [-0.2, -0.15) is 11.8 Å². The third-order valence-electron chi connectivity index (χ3n) is 4.03. The number of rotatable bonds is 4. The maximum atomic E-state index is 12.1. The Kier molecular flexibility index (Phi) is 4.98. The number of nitrogens with zero attached hydrogens (tertiary/aromatic N) is 1. The molecule has 0 bridgehead atoms. The minimum atomic E-state index is 0.137. The summed E-state index contributed by atoms with van der Waals surface area (Å²) in [6.45, 7) is 3.98. The van der Waals surface area contributed by atoms with E-state index in [1.807, 2.05) is 16.7 Å². The lowest BCUT2D eigenvalue weighted by Gasteiger charge is -2.20. The summed E-state index contributed by atoms with van der Waals surface area (Å²) < 4.78 is 0. The topological polar surface area (TPSA) is 32.3 Å². The third-order valence-corrected chi connectivity index (χ3v) is 4.68. The Morgan fingerprint density at radius 1 is 1.39 bits per heavy atom. The van der Waals surface area contributed by atoms with Gasteiger partial charge in [-0.15, -0.1) is 0 Å². The largest absolute Gasteiger partial charge is 0.336 e. The minimum absolute atomic E-state index is 0.137. The van der Waals surface area contributed by atoms with Crippen LogP contribution in [0.3, 0.4) is 0 Å². The van der Waals surface area contributed by atoms with Gasteiger partial charge in [-0.1, -0.05) is 12.2 Å². The van der Waals surface area contributed by atoms with E-state index in [-0.39, 0.29) is 12.1 Å². The molecule has 0 aromatic heterocycles. The van der Waals surface area contributed by atoms with Gasteiger partial charge in [0.15, 0.2) is 0 Å². The zero-order chi connectivity index (χ0) is 13.0. The van der Waals surface area contributed by atoms with E-state index in [9.17, 15) is 4.79 Å². The van der Waals surface area contributed by atoms with Crippen LogP contribution in [0.4, 0.5) is 4.79 Å². The van der Waals surface area contributed by atoms with Crippen molar-refractivity contribution in [3.05, 3.63) is 12.2 Å². The Morgan fingerprint density at radius 3 is 2.56 bits per heavy atom. The summed E-state index contributed by atoms with van der Waals surface area (Å²) >= 11 is 1.83. The van der Waals surface area contributed by atoms with Gasteiger partial charge < -0.3 is 10.2 Å². The lowest BCUT2D eigenvalue weighted by Crippen LogP contribution is -2.43. The Bertz CT molecular complexity index is 303. The molecule has 3 nitrogen and oxygen atoms in total. The molecule has 0 spiro atoms. The van der Waals surface area contributed by atoms with E-state index in [1.54, 1.807) is 0 Å². The van der Waals surface area contributed by atoms with Gasteiger partial charge in [0.05, 0.1) is 0 Å². The fraction of sp³-hybridized carbons (Fsp3) is 0.786. The molecule has 3 atom stereocenters. The molecule has 2 amide bonds. The molecule has 2 aliphatic rings. The van der Waals surface area contributed by atoms with E-state index in [0.717, 1.165) is 38.1 Å². The van der Waals surface area contributed by atoms with Crippen molar-refractivity contribution in [2.45, 2.75) is 32.2 Å². The molecule has 4 heteroatoms. The van der Waals surface area contributed by atoms with Gasteiger partial charge in [0.1, 0.15) is 0 Å². The first kappa shape index (κ1) is 13.8. The van der Waals surface area contributed by atoms with Crippen LogP contribution in [0, 0.1) is 11.8 Å². The average Bonchev–Trinajstić information content (AvgIpc) is 2.80. The van der Waals surface area contributed by atoms with Crippen LogP contribution in [-0.4, -0.2) is 42.1 Å². The Balaban J connectivity index is 1.77. The number of allylic oxidation sites excluding steroid dienone is 2. The standard InChI is InChI=1S/C14H24N2OS/c1-11(7-8-18-2)15-14(17)16-9-12-5-3-4-6-13(12)10-16/h3-4,11-13H,5-10H2,1-2H3,(H,15,17). The second-order valence-corrected chi connectivity index (χ2v) is 6.49. The van der Waals surface area contributed by atoms with Crippen LogP contribution in [-0.2, 0) is 0 Å². The molecule has 0 aromatic rings. The summed E-state index contributed by atoms with van der Waals surface area (Å²) in [6, 6.07) is 0.420. The van der Waals surface area contributed by atoms with Gasteiger partial charge in [-0.05, 0) is 50.0 Å². The molecule has 18 heavy (non-hydrogen) atoms. The van der Waals surface area contributed by atoms with E-state index >= 15 is 0 Å². The molecule has 1 aliphatic carbocycles. The molecule has 1 saturated heterocycles. The quantitative estimate of drug-likeness (QED) is 0.795. The normalized spacial score (nSPS) is 28.0. The number of carbonyl (C=O) groups excluding carboxylic acids is 1. The van der Waals surface area contributed by atoms with Crippen LogP contribution >= 0.6 is 11.8 Å². The van der Waals surface area contributed by atoms with Crippen molar-refractivity contribution < 1.29 is 4.79 Å². The summed E-state index contributed by atoms with van der Waals surface area (Å²) in [5.41, 5.74) is 0. The molecular weight excluding hydrogens is 244 g/mol. The number of amides is 2. The van der Waals surface area contributed by atoms with Crippen molar-refractivity contribution in [2.75, 3.05) is 25.1 Å². The molecule has 3 unspecified atom stereocenters. The molecule has 0 aromatic carbocycles. The predicted molar refractivity (Wildman–Crippen MR) is 77.9 cm³/mol. The summed E-state index contributed by atoms with van der Waals surface area (Å²) in [5, 5.41) is 3.12. The fourth-order valence-electron chi connectivity index (χ4n) is 2.85. The maximum Gasteiger partial charge on any atom is 0.317 e. The zero-order valence-electron chi connectivity index (χ0n) is 11.4. The molecule has 102 valence electrons. The van der Waals surface area contributed by atoms with E-state index in [0.29, 0.717) is 11.8 Å². The van der Waals surface area contributed by atoms with Gasteiger partial charge in [-0.25, -0.2) is 4.79 Å². The molecule has 0 saturated carbocycles. The van der Waals surface area contributed by atoms with Crippen molar-refractivity contribution in [2.24, 2.45) is 11.8 Å². The average molecular weight is 268 g/mol. The SMILES string of the molecule is CSCCC(C)NC(=O)N1CC2CC=CCC2C1. The van der Waals surface area contributed by atoms with Gasteiger partial charge in [-0.3, -0.25) is 0 Å². The first-order valence-electron chi connectivity index (χ1n) is 6.90. The maximum absolute atomic E-state index is 12.1. The van der Waals surface area contributed by atoms with E-state index in [2.05, 4.69) is 30.6 Å². The second-order valence-electron chi connectivity index (χ2n) is 5.50. The van der Waals surface area contributed by atoms with Crippen LogP contribution in [0.1, 0.15) is 26.2 Å². The summed E-state index contributed by atoms with van der Waals surface area (Å²) in [7, 11) is 0. The molecule has 2 rings (SSSR count). The van der Waals surface area contributed by atoms with Crippen LogP contribution in [0.5, 0.6) is 0 Å². The molecular formula is C14H24N2OS.